The van der Waals surface area contributed by atoms with Gasteiger partial charge >= 0.3 is 0 Å². The van der Waals surface area contributed by atoms with Gasteiger partial charge in [0.1, 0.15) is 5.69 Å². The van der Waals surface area contributed by atoms with Gasteiger partial charge in [-0.2, -0.15) is 5.26 Å². The quantitative estimate of drug-likeness (QED) is 0.803. The van der Waals surface area contributed by atoms with E-state index in [4.69, 9.17) is 5.26 Å². The third-order valence-electron chi connectivity index (χ3n) is 3.07. The van der Waals surface area contributed by atoms with Gasteiger partial charge in [-0.05, 0) is 24.6 Å². The van der Waals surface area contributed by atoms with Crippen molar-refractivity contribution in [2.75, 3.05) is 0 Å². The number of aromatic nitrogens is 3. The maximum absolute atomic E-state index is 9.02. The van der Waals surface area contributed by atoms with E-state index in [1.165, 1.54) is 0 Å². The number of aryl methyl sites for hydroxylation is 1. The molecule has 2 heterocycles. The van der Waals surface area contributed by atoms with Gasteiger partial charge < -0.3 is 4.57 Å². The average molecular weight is 276 g/mol. The first kappa shape index (κ1) is 14.5. The highest BCUT2D eigenvalue weighted by Gasteiger charge is 2.14. The van der Waals surface area contributed by atoms with Crippen molar-refractivity contribution in [2.45, 2.75) is 6.92 Å². The Kier molecular flexibility index (Phi) is 4.47. The molecule has 0 saturated heterocycles. The number of hydrogen-bond acceptors (Lipinski definition) is 3. The van der Waals surface area contributed by atoms with Gasteiger partial charge in [-0.3, -0.25) is 4.98 Å². The van der Waals surface area contributed by atoms with Crippen molar-refractivity contribution in [3.8, 4) is 17.5 Å². The van der Waals surface area contributed by atoms with Crippen molar-refractivity contribution in [3.63, 3.8) is 0 Å². The molecule has 0 unspecified atom stereocenters. The highest BCUT2D eigenvalue weighted by molar-refractivity contribution is 5.81. The number of pyridine rings is 1. The molecule has 2 rings (SSSR count). The Hall–Kier alpha value is -2.93. The number of allylic oxidation sites excluding steroid dienone is 5. The molecule has 0 aliphatic heterocycles. The lowest BCUT2D eigenvalue weighted by atomic mass is 10.1. The highest BCUT2D eigenvalue weighted by atomic mass is 15.0. The Bertz CT molecular complexity index is 757. The van der Waals surface area contributed by atoms with Crippen molar-refractivity contribution in [2.24, 2.45) is 7.05 Å². The minimum absolute atomic E-state index is 0.570. The Morgan fingerprint density at radius 3 is 2.90 bits per heavy atom. The van der Waals surface area contributed by atoms with Crippen LogP contribution < -0.4 is 0 Å². The summed E-state index contributed by atoms with van der Waals surface area (Å²) >= 11 is 0. The standard InChI is InChI=1S/C17H16N4/c1-4-6-7-14(5-2)17-16(20-12-21(17)3)15-10-13(11-18)8-9-19-15/h4-10,12H,1H2,2-3H3/b7-6-,14-5+. The van der Waals surface area contributed by atoms with Crippen molar-refractivity contribution < 1.29 is 0 Å². The van der Waals surface area contributed by atoms with Crippen LogP contribution in [0.3, 0.4) is 0 Å². The summed E-state index contributed by atoms with van der Waals surface area (Å²) in [4.78, 5) is 8.76. The van der Waals surface area contributed by atoms with E-state index >= 15 is 0 Å². The van der Waals surface area contributed by atoms with E-state index in [0.717, 1.165) is 17.0 Å². The molecular formula is C17H16N4. The largest absolute Gasteiger partial charge is 0.333 e. The van der Waals surface area contributed by atoms with Crippen LogP contribution >= 0.6 is 0 Å². The van der Waals surface area contributed by atoms with Gasteiger partial charge in [-0.15, -0.1) is 0 Å². The molecular weight excluding hydrogens is 260 g/mol. The average Bonchev–Trinajstić information content (AvgIpc) is 2.90. The number of hydrogen-bond donors (Lipinski definition) is 0. The second-order valence-corrected chi connectivity index (χ2v) is 4.43. The van der Waals surface area contributed by atoms with Crippen LogP contribution in [0.4, 0.5) is 0 Å². The molecule has 104 valence electrons. The van der Waals surface area contributed by atoms with Crippen LogP contribution in [0.1, 0.15) is 18.2 Å². The molecule has 0 N–H and O–H groups in total. The van der Waals surface area contributed by atoms with Gasteiger partial charge in [0.2, 0.25) is 0 Å². The van der Waals surface area contributed by atoms with Crippen molar-refractivity contribution in [1.82, 2.24) is 14.5 Å². The summed E-state index contributed by atoms with van der Waals surface area (Å²) in [6.07, 6.45) is 11.0. The number of rotatable bonds is 4. The fourth-order valence-corrected chi connectivity index (χ4v) is 2.07. The van der Waals surface area contributed by atoms with E-state index in [1.54, 1.807) is 30.7 Å². The zero-order valence-corrected chi connectivity index (χ0v) is 12.1. The van der Waals surface area contributed by atoms with E-state index in [0.29, 0.717) is 11.3 Å². The molecule has 0 radical (unpaired) electrons. The molecule has 0 aliphatic carbocycles. The van der Waals surface area contributed by atoms with Gasteiger partial charge in [0.15, 0.2) is 0 Å². The summed E-state index contributed by atoms with van der Waals surface area (Å²) in [5.41, 5.74) is 4.00. The van der Waals surface area contributed by atoms with Gasteiger partial charge in [-0.1, -0.05) is 30.9 Å². The molecule has 21 heavy (non-hydrogen) atoms. The maximum Gasteiger partial charge on any atom is 0.115 e. The third-order valence-corrected chi connectivity index (χ3v) is 3.07. The molecule has 0 fully saturated rings. The van der Waals surface area contributed by atoms with Gasteiger partial charge in [-0.25, -0.2) is 4.98 Å². The first-order chi connectivity index (χ1) is 10.2. The minimum atomic E-state index is 0.570. The summed E-state index contributed by atoms with van der Waals surface area (Å²) in [5, 5.41) is 9.02. The lowest BCUT2D eigenvalue weighted by Crippen LogP contribution is -1.96. The molecule has 0 aromatic carbocycles. The summed E-state index contributed by atoms with van der Waals surface area (Å²) in [7, 11) is 1.94. The van der Waals surface area contributed by atoms with Gasteiger partial charge in [0.25, 0.3) is 0 Å². The smallest absolute Gasteiger partial charge is 0.115 e. The van der Waals surface area contributed by atoms with Crippen LogP contribution in [0.15, 0.2) is 55.5 Å². The fraction of sp³-hybridized carbons (Fsp3) is 0.118. The lowest BCUT2D eigenvalue weighted by molar-refractivity contribution is 0.898. The summed E-state index contributed by atoms with van der Waals surface area (Å²) in [6.45, 7) is 5.66. The van der Waals surface area contributed by atoms with Crippen molar-refractivity contribution >= 4 is 5.57 Å². The maximum atomic E-state index is 9.02. The van der Waals surface area contributed by atoms with E-state index in [1.807, 2.05) is 36.8 Å². The van der Waals surface area contributed by atoms with E-state index in [-0.39, 0.29) is 0 Å². The van der Waals surface area contributed by atoms with Crippen LogP contribution in [0.5, 0.6) is 0 Å². The van der Waals surface area contributed by atoms with Crippen LogP contribution in [-0.2, 0) is 7.05 Å². The zero-order chi connectivity index (χ0) is 15.2. The fourth-order valence-electron chi connectivity index (χ4n) is 2.07. The first-order valence-electron chi connectivity index (χ1n) is 6.55. The lowest BCUT2D eigenvalue weighted by Gasteiger charge is -2.07. The van der Waals surface area contributed by atoms with Crippen LogP contribution in [-0.4, -0.2) is 14.5 Å². The minimum Gasteiger partial charge on any atom is -0.333 e. The van der Waals surface area contributed by atoms with Crippen LogP contribution in [0.25, 0.3) is 17.0 Å². The first-order valence-corrected chi connectivity index (χ1v) is 6.55. The summed E-state index contributed by atoms with van der Waals surface area (Å²) in [5.74, 6) is 0. The summed E-state index contributed by atoms with van der Waals surface area (Å²) in [6, 6.07) is 5.55. The second kappa shape index (κ2) is 6.49. The molecule has 0 bridgehead atoms. The summed E-state index contributed by atoms with van der Waals surface area (Å²) < 4.78 is 1.94. The van der Waals surface area contributed by atoms with Gasteiger partial charge in [0.05, 0.1) is 29.3 Å². The topological polar surface area (TPSA) is 54.5 Å². The van der Waals surface area contributed by atoms with Gasteiger partial charge in [0, 0.05) is 13.2 Å². The Balaban J connectivity index is 2.59. The predicted molar refractivity (Wildman–Crippen MR) is 84.1 cm³/mol. The molecule has 0 saturated carbocycles. The number of imidazole rings is 1. The molecule has 2 aromatic rings. The SMILES string of the molecule is C=C/C=C\C(=C/C)c1c(-c2cc(C#N)ccn2)ncn1C. The zero-order valence-electron chi connectivity index (χ0n) is 12.1. The molecule has 0 spiro atoms. The van der Waals surface area contributed by atoms with Crippen LogP contribution in [0, 0.1) is 11.3 Å². The predicted octanol–water partition coefficient (Wildman–Crippen LogP) is 3.50. The Morgan fingerprint density at radius 2 is 2.24 bits per heavy atom. The van der Waals surface area contributed by atoms with Crippen LogP contribution in [0.2, 0.25) is 0 Å². The van der Waals surface area contributed by atoms with Crippen molar-refractivity contribution in [1.29, 1.82) is 5.26 Å². The van der Waals surface area contributed by atoms with E-state index in [2.05, 4.69) is 22.6 Å². The second-order valence-electron chi connectivity index (χ2n) is 4.43. The molecule has 0 amide bonds. The van der Waals surface area contributed by atoms with E-state index < -0.39 is 0 Å². The number of nitrogens with zero attached hydrogens (tertiary/aromatic N) is 4. The normalized spacial score (nSPS) is 11.6. The molecule has 4 heteroatoms. The molecule has 0 aliphatic rings. The molecule has 2 aromatic heterocycles. The monoisotopic (exact) mass is 276 g/mol. The van der Waals surface area contributed by atoms with Crippen molar-refractivity contribution in [3.05, 3.63) is 66.8 Å². The Morgan fingerprint density at radius 1 is 1.43 bits per heavy atom. The number of nitriles is 1. The molecule has 0 atom stereocenters. The highest BCUT2D eigenvalue weighted by Crippen LogP contribution is 2.27. The van der Waals surface area contributed by atoms with E-state index in [9.17, 15) is 0 Å². The third kappa shape index (κ3) is 2.98. The molecule has 4 nitrogen and oxygen atoms in total. The Labute approximate surface area is 124 Å².